The Bertz CT molecular complexity index is 482. The number of carbonyl (C=O) groups is 1. The van der Waals surface area contributed by atoms with Crippen molar-refractivity contribution in [3.05, 3.63) is 35.4 Å². The summed E-state index contributed by atoms with van der Waals surface area (Å²) in [7, 11) is 0. The normalized spacial score (nSPS) is 14.9. The monoisotopic (exact) mass is 272 g/mol. The molecule has 0 aliphatic carbocycles. The molecule has 1 atom stereocenters. The lowest BCUT2D eigenvalue weighted by molar-refractivity contribution is -0.170. The quantitative estimate of drug-likeness (QED) is 0.857. The lowest BCUT2D eigenvalue weighted by Crippen LogP contribution is -2.46. The van der Waals surface area contributed by atoms with E-state index in [1.165, 1.54) is 26.8 Å². The van der Waals surface area contributed by atoms with Gasteiger partial charge in [-0.1, -0.05) is 6.07 Å². The zero-order valence-corrected chi connectivity index (χ0v) is 11.5. The Morgan fingerprint density at radius 1 is 1.26 bits per heavy atom. The van der Waals surface area contributed by atoms with Gasteiger partial charge in [0.05, 0.1) is 12.0 Å². The molecule has 0 saturated carbocycles. The standard InChI is InChI=1S/C14H18F2O3/c1-5-19-12(17)13(2,3)14(4,18)9-6-7-10(15)11(16)8-9/h6-8,18H,5H2,1-4H3. The van der Waals surface area contributed by atoms with Crippen LogP contribution < -0.4 is 0 Å². The molecule has 19 heavy (non-hydrogen) atoms. The average molecular weight is 272 g/mol. The van der Waals surface area contributed by atoms with Crippen molar-refractivity contribution in [2.45, 2.75) is 33.3 Å². The summed E-state index contributed by atoms with van der Waals surface area (Å²) in [4.78, 5) is 11.9. The lowest BCUT2D eigenvalue weighted by atomic mass is 9.72. The Morgan fingerprint density at radius 3 is 2.32 bits per heavy atom. The summed E-state index contributed by atoms with van der Waals surface area (Å²) < 4.78 is 31.1. The fourth-order valence-corrected chi connectivity index (χ4v) is 1.67. The van der Waals surface area contributed by atoms with Gasteiger partial charge in [-0.3, -0.25) is 4.79 Å². The van der Waals surface area contributed by atoms with Crippen LogP contribution in [0.25, 0.3) is 0 Å². The number of hydrogen-bond donors (Lipinski definition) is 1. The zero-order valence-electron chi connectivity index (χ0n) is 11.5. The van der Waals surface area contributed by atoms with Gasteiger partial charge in [-0.2, -0.15) is 0 Å². The van der Waals surface area contributed by atoms with Gasteiger partial charge in [0, 0.05) is 0 Å². The average Bonchev–Trinajstić information content (AvgIpc) is 2.32. The zero-order chi connectivity index (χ0) is 14.8. The molecule has 0 fully saturated rings. The molecule has 0 saturated heterocycles. The summed E-state index contributed by atoms with van der Waals surface area (Å²) in [5.74, 6) is -2.68. The molecule has 106 valence electrons. The van der Waals surface area contributed by atoms with E-state index < -0.39 is 28.6 Å². The van der Waals surface area contributed by atoms with Crippen LogP contribution in [0.15, 0.2) is 18.2 Å². The maximum Gasteiger partial charge on any atom is 0.314 e. The van der Waals surface area contributed by atoms with Gasteiger partial charge in [-0.05, 0) is 45.4 Å². The molecule has 0 radical (unpaired) electrons. The molecular formula is C14H18F2O3. The highest BCUT2D eigenvalue weighted by Gasteiger charge is 2.48. The summed E-state index contributed by atoms with van der Waals surface area (Å²) in [5, 5.41) is 10.5. The van der Waals surface area contributed by atoms with E-state index in [0.717, 1.165) is 12.1 Å². The van der Waals surface area contributed by atoms with E-state index in [0.29, 0.717) is 0 Å². The first-order chi connectivity index (χ1) is 8.64. The molecule has 5 heteroatoms. The van der Waals surface area contributed by atoms with Crippen LogP contribution in [0.5, 0.6) is 0 Å². The Morgan fingerprint density at radius 2 is 1.84 bits per heavy atom. The van der Waals surface area contributed by atoms with Crippen LogP contribution in [0.2, 0.25) is 0 Å². The number of ether oxygens (including phenoxy) is 1. The molecule has 3 nitrogen and oxygen atoms in total. The van der Waals surface area contributed by atoms with E-state index in [2.05, 4.69) is 0 Å². The molecule has 1 unspecified atom stereocenters. The Hall–Kier alpha value is -1.49. The number of aliphatic hydroxyl groups is 1. The highest BCUT2D eigenvalue weighted by Crippen LogP contribution is 2.40. The number of esters is 1. The summed E-state index contributed by atoms with van der Waals surface area (Å²) >= 11 is 0. The molecule has 1 aromatic carbocycles. The largest absolute Gasteiger partial charge is 0.465 e. The predicted molar refractivity (Wildman–Crippen MR) is 66.3 cm³/mol. The predicted octanol–water partition coefficient (Wildman–Crippen LogP) is 2.76. The van der Waals surface area contributed by atoms with Crippen LogP contribution >= 0.6 is 0 Å². The third-order valence-electron chi connectivity index (χ3n) is 3.48. The van der Waals surface area contributed by atoms with Gasteiger partial charge in [0.25, 0.3) is 0 Å². The minimum Gasteiger partial charge on any atom is -0.465 e. The Labute approximate surface area is 111 Å². The molecule has 0 aliphatic rings. The Balaban J connectivity index is 3.21. The number of rotatable bonds is 4. The second kappa shape index (κ2) is 5.25. The summed E-state index contributed by atoms with van der Waals surface area (Å²) in [6.07, 6.45) is 0. The first-order valence-electron chi connectivity index (χ1n) is 5.99. The number of carbonyl (C=O) groups excluding carboxylic acids is 1. The van der Waals surface area contributed by atoms with Crippen molar-refractivity contribution in [2.75, 3.05) is 6.61 Å². The van der Waals surface area contributed by atoms with Crippen molar-refractivity contribution in [1.82, 2.24) is 0 Å². The molecule has 0 spiro atoms. The molecule has 0 aliphatic heterocycles. The van der Waals surface area contributed by atoms with E-state index in [1.807, 2.05) is 0 Å². The lowest BCUT2D eigenvalue weighted by Gasteiger charge is -2.38. The molecule has 1 aromatic rings. The fraction of sp³-hybridized carbons (Fsp3) is 0.500. The van der Waals surface area contributed by atoms with E-state index in [1.54, 1.807) is 6.92 Å². The highest BCUT2D eigenvalue weighted by atomic mass is 19.2. The number of hydrogen-bond acceptors (Lipinski definition) is 3. The van der Waals surface area contributed by atoms with E-state index in [4.69, 9.17) is 4.74 Å². The molecule has 1 rings (SSSR count). The molecule has 0 aromatic heterocycles. The minimum atomic E-state index is -1.69. The topological polar surface area (TPSA) is 46.5 Å². The molecule has 1 N–H and O–H groups in total. The first kappa shape index (κ1) is 15.6. The van der Waals surface area contributed by atoms with Gasteiger partial charge in [0.2, 0.25) is 0 Å². The summed E-state index contributed by atoms with van der Waals surface area (Å²) in [6.45, 7) is 6.19. The van der Waals surface area contributed by atoms with Crippen LogP contribution in [0.4, 0.5) is 8.78 Å². The van der Waals surface area contributed by atoms with Crippen molar-refractivity contribution >= 4 is 5.97 Å². The molecule has 0 amide bonds. The molecule has 0 bridgehead atoms. The van der Waals surface area contributed by atoms with Crippen LogP contribution in [0.3, 0.4) is 0 Å². The molecular weight excluding hydrogens is 254 g/mol. The smallest absolute Gasteiger partial charge is 0.314 e. The molecule has 0 heterocycles. The highest BCUT2D eigenvalue weighted by molar-refractivity contribution is 5.77. The fourth-order valence-electron chi connectivity index (χ4n) is 1.67. The summed E-state index contributed by atoms with van der Waals surface area (Å²) in [6, 6.07) is 3.05. The SMILES string of the molecule is CCOC(=O)C(C)(C)C(C)(O)c1ccc(F)c(F)c1. The first-order valence-corrected chi connectivity index (χ1v) is 5.99. The van der Waals surface area contributed by atoms with Crippen molar-refractivity contribution in [2.24, 2.45) is 5.41 Å². The van der Waals surface area contributed by atoms with Crippen LogP contribution in [-0.2, 0) is 15.1 Å². The van der Waals surface area contributed by atoms with Gasteiger partial charge >= 0.3 is 5.97 Å². The van der Waals surface area contributed by atoms with Crippen molar-refractivity contribution in [3.63, 3.8) is 0 Å². The van der Waals surface area contributed by atoms with Gasteiger partial charge in [0.1, 0.15) is 5.60 Å². The second-order valence-electron chi connectivity index (χ2n) is 5.05. The van der Waals surface area contributed by atoms with Crippen LogP contribution in [-0.4, -0.2) is 17.7 Å². The van der Waals surface area contributed by atoms with Crippen LogP contribution in [0, 0.1) is 17.0 Å². The maximum absolute atomic E-state index is 13.2. The van der Waals surface area contributed by atoms with Gasteiger partial charge < -0.3 is 9.84 Å². The number of benzene rings is 1. The van der Waals surface area contributed by atoms with Crippen molar-refractivity contribution in [1.29, 1.82) is 0 Å². The van der Waals surface area contributed by atoms with Crippen molar-refractivity contribution < 1.29 is 23.4 Å². The van der Waals surface area contributed by atoms with Gasteiger partial charge in [0.15, 0.2) is 11.6 Å². The third kappa shape index (κ3) is 2.76. The van der Waals surface area contributed by atoms with E-state index in [-0.39, 0.29) is 12.2 Å². The minimum absolute atomic E-state index is 0.115. The maximum atomic E-state index is 13.2. The third-order valence-corrected chi connectivity index (χ3v) is 3.48. The van der Waals surface area contributed by atoms with E-state index in [9.17, 15) is 18.7 Å². The Kier molecular flexibility index (Phi) is 4.30. The second-order valence-corrected chi connectivity index (χ2v) is 5.05. The van der Waals surface area contributed by atoms with Crippen molar-refractivity contribution in [3.8, 4) is 0 Å². The van der Waals surface area contributed by atoms with Crippen LogP contribution in [0.1, 0.15) is 33.3 Å². The van der Waals surface area contributed by atoms with Gasteiger partial charge in [-0.15, -0.1) is 0 Å². The van der Waals surface area contributed by atoms with E-state index >= 15 is 0 Å². The van der Waals surface area contributed by atoms with Gasteiger partial charge in [-0.25, -0.2) is 8.78 Å². The number of halogens is 2. The summed E-state index contributed by atoms with van der Waals surface area (Å²) in [5.41, 5.74) is -2.87.